The molecular weight excluding hydrogens is 284 g/mol. The molecule has 0 bridgehead atoms. The number of pyridine rings is 1. The lowest BCUT2D eigenvalue weighted by molar-refractivity contribution is 0.667. The van der Waals surface area contributed by atoms with E-state index >= 15 is 0 Å². The van der Waals surface area contributed by atoms with Crippen molar-refractivity contribution in [2.24, 2.45) is 0 Å². The molecule has 1 aliphatic carbocycles. The van der Waals surface area contributed by atoms with Crippen LogP contribution in [-0.4, -0.2) is 4.98 Å². The Morgan fingerprint density at radius 3 is 2.92 bits per heavy atom. The number of aryl methyl sites for hydroxylation is 2. The van der Waals surface area contributed by atoms with Gasteiger partial charge in [0.05, 0.1) is 3.57 Å². The standard InChI is InChI=1S/C9H9ClIN/c10-9-7(11)5-6-3-1-2-4-8(6)12-9/h5H,1-4H2. The van der Waals surface area contributed by atoms with Crippen molar-refractivity contribution in [3.8, 4) is 0 Å². The van der Waals surface area contributed by atoms with Crippen LogP contribution in [0.15, 0.2) is 6.07 Å². The van der Waals surface area contributed by atoms with Crippen LogP contribution in [0.5, 0.6) is 0 Å². The molecule has 0 saturated carbocycles. The Hall–Kier alpha value is 0.170. The Balaban J connectivity index is 2.49. The van der Waals surface area contributed by atoms with Gasteiger partial charge in [0.25, 0.3) is 0 Å². The van der Waals surface area contributed by atoms with Gasteiger partial charge in [0, 0.05) is 5.69 Å². The minimum Gasteiger partial charge on any atom is -0.240 e. The first kappa shape index (κ1) is 8.75. The van der Waals surface area contributed by atoms with Gasteiger partial charge >= 0.3 is 0 Å². The fourth-order valence-electron chi connectivity index (χ4n) is 1.58. The molecule has 1 nitrogen and oxygen atoms in total. The summed E-state index contributed by atoms with van der Waals surface area (Å²) in [4.78, 5) is 4.37. The maximum absolute atomic E-state index is 5.93. The molecular formula is C9H9ClIN. The van der Waals surface area contributed by atoms with E-state index in [0.29, 0.717) is 5.15 Å². The van der Waals surface area contributed by atoms with E-state index in [1.807, 2.05) is 0 Å². The van der Waals surface area contributed by atoms with E-state index in [1.54, 1.807) is 0 Å². The molecule has 3 heteroatoms. The summed E-state index contributed by atoms with van der Waals surface area (Å²) in [5, 5.41) is 0.663. The minimum atomic E-state index is 0.663. The van der Waals surface area contributed by atoms with E-state index in [9.17, 15) is 0 Å². The highest BCUT2D eigenvalue weighted by molar-refractivity contribution is 14.1. The number of hydrogen-bond donors (Lipinski definition) is 0. The van der Waals surface area contributed by atoms with Crippen LogP contribution in [-0.2, 0) is 12.8 Å². The Morgan fingerprint density at radius 1 is 1.33 bits per heavy atom. The predicted molar refractivity (Wildman–Crippen MR) is 58.6 cm³/mol. The van der Waals surface area contributed by atoms with E-state index in [2.05, 4.69) is 33.6 Å². The van der Waals surface area contributed by atoms with Crippen molar-refractivity contribution in [1.82, 2.24) is 4.98 Å². The van der Waals surface area contributed by atoms with Gasteiger partial charge in [0.1, 0.15) is 5.15 Å². The van der Waals surface area contributed by atoms with E-state index in [4.69, 9.17) is 11.6 Å². The molecule has 0 radical (unpaired) electrons. The van der Waals surface area contributed by atoms with Crippen LogP contribution in [0.2, 0.25) is 5.15 Å². The fraction of sp³-hybridized carbons (Fsp3) is 0.444. The third-order valence-corrected chi connectivity index (χ3v) is 3.64. The monoisotopic (exact) mass is 293 g/mol. The highest BCUT2D eigenvalue weighted by atomic mass is 127. The van der Waals surface area contributed by atoms with E-state index in [1.165, 1.54) is 30.5 Å². The van der Waals surface area contributed by atoms with Crippen molar-refractivity contribution >= 4 is 34.2 Å². The number of hydrogen-bond acceptors (Lipinski definition) is 1. The molecule has 64 valence electrons. The molecule has 1 aromatic heterocycles. The molecule has 1 aromatic rings. The zero-order valence-corrected chi connectivity index (χ0v) is 9.52. The first-order chi connectivity index (χ1) is 5.77. The topological polar surface area (TPSA) is 12.9 Å². The zero-order chi connectivity index (χ0) is 8.55. The number of rotatable bonds is 0. The lowest BCUT2D eigenvalue weighted by Gasteiger charge is -2.14. The van der Waals surface area contributed by atoms with Gasteiger partial charge in [-0.3, -0.25) is 0 Å². The molecule has 1 heterocycles. The molecule has 0 saturated heterocycles. The van der Waals surface area contributed by atoms with Crippen LogP contribution < -0.4 is 0 Å². The van der Waals surface area contributed by atoms with Crippen molar-refractivity contribution in [1.29, 1.82) is 0 Å². The highest BCUT2D eigenvalue weighted by Crippen LogP contribution is 2.25. The van der Waals surface area contributed by atoms with Crippen LogP contribution in [0.4, 0.5) is 0 Å². The molecule has 0 spiro atoms. The quantitative estimate of drug-likeness (QED) is 0.529. The van der Waals surface area contributed by atoms with Gasteiger partial charge < -0.3 is 0 Å². The summed E-state index contributed by atoms with van der Waals surface area (Å²) in [6.45, 7) is 0. The van der Waals surface area contributed by atoms with Crippen molar-refractivity contribution < 1.29 is 0 Å². The van der Waals surface area contributed by atoms with Gasteiger partial charge in [-0.15, -0.1) is 0 Å². The predicted octanol–water partition coefficient (Wildman–Crippen LogP) is 3.22. The number of fused-ring (bicyclic) bond motifs is 1. The smallest absolute Gasteiger partial charge is 0.142 e. The molecule has 0 N–H and O–H groups in total. The molecule has 0 fully saturated rings. The van der Waals surface area contributed by atoms with Crippen molar-refractivity contribution in [2.75, 3.05) is 0 Å². The Bertz CT molecular complexity index is 281. The molecule has 0 atom stereocenters. The second-order valence-corrected chi connectivity index (χ2v) is 4.59. The van der Waals surface area contributed by atoms with Gasteiger partial charge in [-0.2, -0.15) is 0 Å². The lowest BCUT2D eigenvalue weighted by Crippen LogP contribution is -2.05. The molecule has 0 aliphatic heterocycles. The highest BCUT2D eigenvalue weighted by Gasteiger charge is 2.12. The summed E-state index contributed by atoms with van der Waals surface area (Å²) in [5.41, 5.74) is 2.61. The summed E-state index contributed by atoms with van der Waals surface area (Å²) >= 11 is 8.16. The Morgan fingerprint density at radius 2 is 2.08 bits per heavy atom. The van der Waals surface area contributed by atoms with E-state index < -0.39 is 0 Å². The number of aromatic nitrogens is 1. The van der Waals surface area contributed by atoms with Gasteiger partial charge in [0.15, 0.2) is 0 Å². The first-order valence-electron chi connectivity index (χ1n) is 4.11. The maximum atomic E-state index is 5.93. The first-order valence-corrected chi connectivity index (χ1v) is 5.57. The van der Waals surface area contributed by atoms with Crippen LogP contribution in [0.1, 0.15) is 24.1 Å². The second kappa shape index (κ2) is 3.50. The van der Waals surface area contributed by atoms with Crippen molar-refractivity contribution in [3.63, 3.8) is 0 Å². The largest absolute Gasteiger partial charge is 0.240 e. The second-order valence-electron chi connectivity index (χ2n) is 3.07. The third-order valence-electron chi connectivity index (χ3n) is 2.21. The van der Waals surface area contributed by atoms with E-state index in [-0.39, 0.29) is 0 Å². The van der Waals surface area contributed by atoms with Gasteiger partial charge in [-0.25, -0.2) is 4.98 Å². The van der Waals surface area contributed by atoms with Crippen LogP contribution in [0, 0.1) is 3.57 Å². The maximum Gasteiger partial charge on any atom is 0.142 e. The van der Waals surface area contributed by atoms with Crippen molar-refractivity contribution in [2.45, 2.75) is 25.7 Å². The number of halogens is 2. The van der Waals surface area contributed by atoms with Gasteiger partial charge in [0.2, 0.25) is 0 Å². The van der Waals surface area contributed by atoms with Gasteiger partial charge in [-0.1, -0.05) is 11.6 Å². The average molecular weight is 294 g/mol. The van der Waals surface area contributed by atoms with E-state index in [0.717, 1.165) is 9.99 Å². The summed E-state index contributed by atoms with van der Waals surface area (Å²) in [7, 11) is 0. The summed E-state index contributed by atoms with van der Waals surface area (Å²) in [6.07, 6.45) is 4.84. The molecule has 12 heavy (non-hydrogen) atoms. The fourth-order valence-corrected chi connectivity index (χ4v) is 2.23. The lowest BCUT2D eigenvalue weighted by atomic mass is 9.96. The zero-order valence-electron chi connectivity index (χ0n) is 6.61. The molecule has 1 aliphatic rings. The third kappa shape index (κ3) is 1.59. The SMILES string of the molecule is Clc1nc2c(cc1I)CCCC2. The molecule has 0 amide bonds. The Labute approximate surface area is 90.7 Å². The van der Waals surface area contributed by atoms with Crippen molar-refractivity contribution in [3.05, 3.63) is 26.0 Å². The average Bonchev–Trinajstić information content (AvgIpc) is 2.07. The molecule has 0 aromatic carbocycles. The molecule has 2 rings (SSSR count). The Kier molecular flexibility index (Phi) is 2.55. The summed E-state index contributed by atoms with van der Waals surface area (Å²) < 4.78 is 1.08. The normalized spacial score (nSPS) is 15.8. The molecule has 0 unspecified atom stereocenters. The minimum absolute atomic E-state index is 0.663. The van der Waals surface area contributed by atoms with Crippen LogP contribution >= 0.6 is 34.2 Å². The summed E-state index contributed by atoms with van der Waals surface area (Å²) in [6, 6.07) is 2.17. The van der Waals surface area contributed by atoms with Crippen LogP contribution in [0.3, 0.4) is 0 Å². The number of nitrogens with zero attached hydrogens (tertiary/aromatic N) is 1. The van der Waals surface area contributed by atoms with Gasteiger partial charge in [-0.05, 0) is 59.9 Å². The summed E-state index contributed by atoms with van der Waals surface area (Å²) in [5.74, 6) is 0. The van der Waals surface area contributed by atoms with Crippen LogP contribution in [0.25, 0.3) is 0 Å².